The average Bonchev–Trinajstić information content (AvgIpc) is 3.44. The van der Waals surface area contributed by atoms with Crippen LogP contribution < -0.4 is 15.5 Å². The van der Waals surface area contributed by atoms with Gasteiger partial charge in [0.25, 0.3) is 5.91 Å². The molecule has 3 aliphatic heterocycles. The first-order valence-electron chi connectivity index (χ1n) is 11.4. The SMILES string of the molecule is O=C(NC1CC2C(=O)NCC(CCC(=O)N3CCc4ccccc43)N2C1)c1ccccc1. The van der Waals surface area contributed by atoms with Crippen molar-refractivity contribution in [3.05, 3.63) is 65.7 Å². The predicted octanol–water partition coefficient (Wildman–Crippen LogP) is 1.73. The molecule has 0 bridgehead atoms. The first-order chi connectivity index (χ1) is 15.6. The highest BCUT2D eigenvalue weighted by Gasteiger charge is 2.44. The maximum Gasteiger partial charge on any atom is 0.251 e. The second kappa shape index (κ2) is 8.74. The first-order valence-corrected chi connectivity index (χ1v) is 11.4. The Bertz CT molecular complexity index is 1020. The molecule has 3 atom stereocenters. The number of anilines is 1. The van der Waals surface area contributed by atoms with Crippen molar-refractivity contribution in [2.45, 2.75) is 43.8 Å². The molecule has 5 rings (SSSR count). The Morgan fingerprint density at radius 3 is 2.69 bits per heavy atom. The molecule has 0 saturated carbocycles. The molecule has 3 amide bonds. The van der Waals surface area contributed by atoms with E-state index in [2.05, 4.69) is 21.6 Å². The molecule has 0 radical (unpaired) electrons. The van der Waals surface area contributed by atoms with Crippen LogP contribution in [0.2, 0.25) is 0 Å². The van der Waals surface area contributed by atoms with E-state index in [0.717, 1.165) is 18.7 Å². The van der Waals surface area contributed by atoms with E-state index in [1.54, 1.807) is 12.1 Å². The molecule has 2 saturated heterocycles. The number of carbonyl (C=O) groups excluding carboxylic acids is 3. The van der Waals surface area contributed by atoms with Gasteiger partial charge in [-0.25, -0.2) is 0 Å². The van der Waals surface area contributed by atoms with Gasteiger partial charge in [0.2, 0.25) is 11.8 Å². The van der Waals surface area contributed by atoms with Gasteiger partial charge in [0, 0.05) is 49.4 Å². The number of amides is 3. The average molecular weight is 433 g/mol. The number of nitrogens with one attached hydrogen (secondary N) is 2. The maximum atomic E-state index is 12.9. The normalized spacial score (nSPS) is 24.6. The van der Waals surface area contributed by atoms with Gasteiger partial charge in [0.1, 0.15) is 0 Å². The van der Waals surface area contributed by atoms with Crippen LogP contribution in [-0.2, 0) is 16.0 Å². The van der Waals surface area contributed by atoms with Crippen LogP contribution in [0.1, 0.15) is 35.2 Å². The fraction of sp³-hybridized carbons (Fsp3) is 0.400. The van der Waals surface area contributed by atoms with E-state index >= 15 is 0 Å². The zero-order chi connectivity index (χ0) is 22.1. The number of hydrogen-bond donors (Lipinski definition) is 2. The number of carbonyl (C=O) groups is 3. The number of benzene rings is 2. The number of para-hydroxylation sites is 1. The van der Waals surface area contributed by atoms with Crippen LogP contribution in [0.25, 0.3) is 0 Å². The molecule has 3 heterocycles. The number of nitrogens with zero attached hydrogens (tertiary/aromatic N) is 2. The maximum absolute atomic E-state index is 12.9. The molecule has 0 aliphatic carbocycles. The Morgan fingerprint density at radius 2 is 1.84 bits per heavy atom. The highest BCUT2D eigenvalue weighted by Crippen LogP contribution is 2.30. The van der Waals surface area contributed by atoms with Gasteiger partial charge in [0.15, 0.2) is 0 Å². The van der Waals surface area contributed by atoms with Crippen LogP contribution in [0.3, 0.4) is 0 Å². The fourth-order valence-corrected chi connectivity index (χ4v) is 5.23. The van der Waals surface area contributed by atoms with Gasteiger partial charge >= 0.3 is 0 Å². The molecular formula is C25H28N4O3. The fourth-order valence-electron chi connectivity index (χ4n) is 5.23. The standard InChI is InChI=1S/C25H28N4O3/c30-23(28-13-12-17-6-4-5-9-21(17)28)11-10-20-15-26-25(32)22-14-19(16-29(20)22)27-24(31)18-7-2-1-3-8-18/h1-9,19-20,22H,10-16H2,(H,26,32)(H,27,31). The molecule has 7 heteroatoms. The largest absolute Gasteiger partial charge is 0.353 e. The zero-order valence-electron chi connectivity index (χ0n) is 18.0. The van der Waals surface area contributed by atoms with Crippen molar-refractivity contribution in [2.24, 2.45) is 0 Å². The van der Waals surface area contributed by atoms with E-state index in [9.17, 15) is 14.4 Å². The van der Waals surface area contributed by atoms with E-state index in [1.165, 1.54) is 5.56 Å². The number of piperazine rings is 1. The molecule has 166 valence electrons. The summed E-state index contributed by atoms with van der Waals surface area (Å²) in [5.74, 6) is 0.0318. The molecule has 0 aromatic heterocycles. The van der Waals surface area contributed by atoms with Crippen molar-refractivity contribution in [3.8, 4) is 0 Å². The number of rotatable bonds is 5. The Hall–Kier alpha value is -3.19. The highest BCUT2D eigenvalue weighted by atomic mass is 16.2. The van der Waals surface area contributed by atoms with Gasteiger partial charge in [-0.2, -0.15) is 0 Å². The summed E-state index contributed by atoms with van der Waals surface area (Å²) in [5.41, 5.74) is 2.87. The third kappa shape index (κ3) is 4.00. The van der Waals surface area contributed by atoms with Crippen LogP contribution in [-0.4, -0.2) is 60.4 Å². The van der Waals surface area contributed by atoms with Crippen LogP contribution in [0.5, 0.6) is 0 Å². The summed E-state index contributed by atoms with van der Waals surface area (Å²) in [5, 5.41) is 6.08. The van der Waals surface area contributed by atoms with Crippen molar-refractivity contribution in [1.29, 1.82) is 0 Å². The number of fused-ring (bicyclic) bond motifs is 2. The lowest BCUT2D eigenvalue weighted by Gasteiger charge is -2.37. The Labute approximate surface area is 187 Å². The monoisotopic (exact) mass is 432 g/mol. The van der Waals surface area contributed by atoms with Gasteiger partial charge < -0.3 is 15.5 Å². The predicted molar refractivity (Wildman–Crippen MR) is 121 cm³/mol. The van der Waals surface area contributed by atoms with Gasteiger partial charge in [-0.05, 0) is 43.0 Å². The van der Waals surface area contributed by atoms with E-state index < -0.39 is 0 Å². The Kier molecular flexibility index (Phi) is 5.66. The second-order valence-electron chi connectivity index (χ2n) is 8.85. The molecular weight excluding hydrogens is 404 g/mol. The van der Waals surface area contributed by atoms with Crippen molar-refractivity contribution < 1.29 is 14.4 Å². The molecule has 2 N–H and O–H groups in total. The van der Waals surface area contributed by atoms with Crippen LogP contribution >= 0.6 is 0 Å². The topological polar surface area (TPSA) is 81.8 Å². The molecule has 2 aromatic carbocycles. The van der Waals surface area contributed by atoms with Gasteiger partial charge in [-0.1, -0.05) is 36.4 Å². The first kappa shape index (κ1) is 20.7. The summed E-state index contributed by atoms with van der Waals surface area (Å²) in [6.45, 7) is 1.90. The van der Waals surface area contributed by atoms with Crippen LogP contribution in [0.4, 0.5) is 5.69 Å². The minimum absolute atomic E-state index is 0.0116. The molecule has 2 aromatic rings. The van der Waals surface area contributed by atoms with Crippen LogP contribution in [0, 0.1) is 0 Å². The minimum Gasteiger partial charge on any atom is -0.353 e. The van der Waals surface area contributed by atoms with Crippen molar-refractivity contribution in [2.75, 3.05) is 24.5 Å². The quantitative estimate of drug-likeness (QED) is 0.754. The van der Waals surface area contributed by atoms with E-state index in [0.29, 0.717) is 37.9 Å². The molecule has 3 aliphatic rings. The molecule has 7 nitrogen and oxygen atoms in total. The van der Waals surface area contributed by atoms with Crippen molar-refractivity contribution >= 4 is 23.4 Å². The van der Waals surface area contributed by atoms with Crippen molar-refractivity contribution in [3.63, 3.8) is 0 Å². The highest BCUT2D eigenvalue weighted by molar-refractivity contribution is 5.95. The van der Waals surface area contributed by atoms with E-state index in [4.69, 9.17) is 0 Å². The van der Waals surface area contributed by atoms with Crippen LogP contribution in [0.15, 0.2) is 54.6 Å². The second-order valence-corrected chi connectivity index (χ2v) is 8.85. The van der Waals surface area contributed by atoms with Gasteiger partial charge in [0.05, 0.1) is 6.04 Å². The summed E-state index contributed by atoms with van der Waals surface area (Å²) in [6.07, 6.45) is 2.62. The third-order valence-electron chi connectivity index (χ3n) is 6.87. The third-order valence-corrected chi connectivity index (χ3v) is 6.87. The molecule has 2 fully saturated rings. The Balaban J connectivity index is 1.20. The summed E-state index contributed by atoms with van der Waals surface area (Å²) in [6, 6.07) is 17.0. The summed E-state index contributed by atoms with van der Waals surface area (Å²) < 4.78 is 0. The van der Waals surface area contributed by atoms with Gasteiger partial charge in [-0.15, -0.1) is 0 Å². The minimum atomic E-state index is -0.252. The van der Waals surface area contributed by atoms with E-state index in [-0.39, 0.29) is 35.8 Å². The Morgan fingerprint density at radius 1 is 1.06 bits per heavy atom. The van der Waals surface area contributed by atoms with Crippen molar-refractivity contribution in [1.82, 2.24) is 15.5 Å². The smallest absolute Gasteiger partial charge is 0.251 e. The van der Waals surface area contributed by atoms with Gasteiger partial charge in [-0.3, -0.25) is 19.3 Å². The summed E-state index contributed by atoms with van der Waals surface area (Å²) >= 11 is 0. The lowest BCUT2D eigenvalue weighted by Crippen LogP contribution is -2.58. The van der Waals surface area contributed by atoms with E-state index in [1.807, 2.05) is 41.3 Å². The summed E-state index contributed by atoms with van der Waals surface area (Å²) in [7, 11) is 0. The number of hydrogen-bond acceptors (Lipinski definition) is 4. The zero-order valence-corrected chi connectivity index (χ0v) is 18.0. The molecule has 3 unspecified atom stereocenters. The lowest BCUT2D eigenvalue weighted by molar-refractivity contribution is -0.129. The molecule has 0 spiro atoms. The molecule has 32 heavy (non-hydrogen) atoms. The lowest BCUT2D eigenvalue weighted by atomic mass is 10.0. The summed E-state index contributed by atoms with van der Waals surface area (Å²) in [4.78, 5) is 42.0.